The summed E-state index contributed by atoms with van der Waals surface area (Å²) >= 11 is 0. The first-order chi connectivity index (χ1) is 6.86. The lowest BCUT2D eigenvalue weighted by Crippen LogP contribution is -2.10. The molecular formula is C12H12O2. The molecule has 1 heterocycles. The number of carbonyl (C=O) groups is 1. The first-order valence-corrected chi connectivity index (χ1v) is 5.07. The van der Waals surface area contributed by atoms with Crippen molar-refractivity contribution in [3.8, 4) is 5.75 Å². The Morgan fingerprint density at radius 2 is 2.21 bits per heavy atom. The van der Waals surface area contributed by atoms with Crippen LogP contribution in [0.15, 0.2) is 18.2 Å². The van der Waals surface area contributed by atoms with Crippen molar-refractivity contribution in [2.24, 2.45) is 0 Å². The lowest BCUT2D eigenvalue weighted by molar-refractivity contribution is -0.109. The predicted octanol–water partition coefficient (Wildman–Crippen LogP) is 1.85. The Kier molecular flexibility index (Phi) is 1.49. The zero-order chi connectivity index (χ0) is 9.60. The van der Waals surface area contributed by atoms with E-state index in [1.165, 1.54) is 11.1 Å². The minimum atomic E-state index is -0.154. The largest absolute Gasteiger partial charge is 0.493 e. The molecule has 0 bridgehead atoms. The lowest BCUT2D eigenvalue weighted by atomic mass is 9.91. The molecule has 14 heavy (non-hydrogen) atoms. The molecule has 2 aliphatic rings. The highest BCUT2D eigenvalue weighted by molar-refractivity contribution is 5.75. The monoisotopic (exact) mass is 188 g/mol. The van der Waals surface area contributed by atoms with E-state index in [9.17, 15) is 4.79 Å². The first-order valence-electron chi connectivity index (χ1n) is 5.07. The summed E-state index contributed by atoms with van der Waals surface area (Å²) in [6, 6.07) is 6.06. The molecule has 1 aliphatic heterocycles. The van der Waals surface area contributed by atoms with Crippen molar-refractivity contribution in [1.29, 1.82) is 0 Å². The number of rotatable bonds is 2. The van der Waals surface area contributed by atoms with Gasteiger partial charge in [0, 0.05) is 12.0 Å². The van der Waals surface area contributed by atoms with Gasteiger partial charge in [0.05, 0.1) is 12.0 Å². The molecule has 0 unspecified atom stereocenters. The normalized spacial score (nSPS) is 21.1. The standard InChI is InChI=1S/C12H12O2/c13-8-12(5-6-12)10-2-1-3-11-9(10)4-7-14-11/h1-3,8H,4-7H2. The topological polar surface area (TPSA) is 26.3 Å². The molecule has 1 aromatic carbocycles. The highest BCUT2D eigenvalue weighted by Crippen LogP contribution is 2.49. The highest BCUT2D eigenvalue weighted by atomic mass is 16.5. The molecule has 0 N–H and O–H groups in total. The molecule has 3 rings (SSSR count). The number of carbonyl (C=O) groups excluding carboxylic acids is 1. The second-order valence-corrected chi connectivity index (χ2v) is 4.15. The predicted molar refractivity (Wildman–Crippen MR) is 52.6 cm³/mol. The summed E-state index contributed by atoms with van der Waals surface area (Å²) < 4.78 is 5.49. The molecule has 0 radical (unpaired) electrons. The zero-order valence-electron chi connectivity index (χ0n) is 7.95. The van der Waals surface area contributed by atoms with Gasteiger partial charge in [0.2, 0.25) is 0 Å². The van der Waals surface area contributed by atoms with Crippen molar-refractivity contribution in [2.45, 2.75) is 24.7 Å². The van der Waals surface area contributed by atoms with Gasteiger partial charge in [-0.1, -0.05) is 12.1 Å². The van der Waals surface area contributed by atoms with E-state index in [1.807, 2.05) is 12.1 Å². The van der Waals surface area contributed by atoms with Crippen molar-refractivity contribution in [3.63, 3.8) is 0 Å². The Labute approximate surface area is 82.9 Å². The Morgan fingerprint density at radius 1 is 1.36 bits per heavy atom. The molecule has 1 saturated carbocycles. The fourth-order valence-electron chi connectivity index (χ4n) is 2.27. The van der Waals surface area contributed by atoms with E-state index in [0.717, 1.165) is 37.9 Å². The summed E-state index contributed by atoms with van der Waals surface area (Å²) in [6.45, 7) is 0.765. The van der Waals surface area contributed by atoms with Crippen LogP contribution in [0.3, 0.4) is 0 Å². The van der Waals surface area contributed by atoms with Crippen LogP contribution < -0.4 is 4.74 Å². The number of fused-ring (bicyclic) bond motifs is 1. The average Bonchev–Trinajstić information content (AvgIpc) is 2.87. The van der Waals surface area contributed by atoms with Gasteiger partial charge in [-0.15, -0.1) is 0 Å². The number of hydrogen-bond acceptors (Lipinski definition) is 2. The molecule has 2 heteroatoms. The van der Waals surface area contributed by atoms with Crippen molar-refractivity contribution >= 4 is 6.29 Å². The quantitative estimate of drug-likeness (QED) is 0.662. The Hall–Kier alpha value is -1.31. The van der Waals surface area contributed by atoms with Crippen LogP contribution in [-0.2, 0) is 16.6 Å². The van der Waals surface area contributed by atoms with E-state index < -0.39 is 0 Å². The van der Waals surface area contributed by atoms with Crippen molar-refractivity contribution < 1.29 is 9.53 Å². The third-order valence-corrected chi connectivity index (χ3v) is 3.29. The molecule has 0 saturated heterocycles. The molecule has 0 aromatic heterocycles. The fourth-order valence-corrected chi connectivity index (χ4v) is 2.27. The third-order valence-electron chi connectivity index (χ3n) is 3.29. The Morgan fingerprint density at radius 3 is 2.93 bits per heavy atom. The second-order valence-electron chi connectivity index (χ2n) is 4.15. The molecule has 1 aliphatic carbocycles. The van der Waals surface area contributed by atoms with E-state index >= 15 is 0 Å². The molecule has 1 aromatic rings. The highest BCUT2D eigenvalue weighted by Gasteiger charge is 2.46. The van der Waals surface area contributed by atoms with Crippen molar-refractivity contribution in [3.05, 3.63) is 29.3 Å². The van der Waals surface area contributed by atoms with E-state index in [-0.39, 0.29) is 5.41 Å². The maximum atomic E-state index is 11.0. The van der Waals surface area contributed by atoms with Crippen LogP contribution in [0, 0.1) is 0 Å². The van der Waals surface area contributed by atoms with Crippen LogP contribution in [0.1, 0.15) is 24.0 Å². The molecule has 0 atom stereocenters. The Balaban J connectivity index is 2.15. The minimum Gasteiger partial charge on any atom is -0.493 e. The van der Waals surface area contributed by atoms with Crippen LogP contribution >= 0.6 is 0 Å². The zero-order valence-corrected chi connectivity index (χ0v) is 7.95. The summed E-state index contributed by atoms with van der Waals surface area (Å²) in [5, 5.41) is 0. The van der Waals surface area contributed by atoms with Gasteiger partial charge >= 0.3 is 0 Å². The van der Waals surface area contributed by atoms with Gasteiger partial charge in [-0.05, 0) is 24.5 Å². The van der Waals surface area contributed by atoms with E-state index in [0.29, 0.717) is 0 Å². The lowest BCUT2D eigenvalue weighted by Gasteiger charge is -2.11. The van der Waals surface area contributed by atoms with Gasteiger partial charge in [0.1, 0.15) is 12.0 Å². The van der Waals surface area contributed by atoms with E-state index in [2.05, 4.69) is 6.07 Å². The van der Waals surface area contributed by atoms with Gasteiger partial charge < -0.3 is 9.53 Å². The fraction of sp³-hybridized carbons (Fsp3) is 0.417. The second kappa shape index (κ2) is 2.59. The summed E-state index contributed by atoms with van der Waals surface area (Å²) in [4.78, 5) is 11.0. The van der Waals surface area contributed by atoms with Crippen LogP contribution in [-0.4, -0.2) is 12.9 Å². The van der Waals surface area contributed by atoms with Crippen LogP contribution in [0.25, 0.3) is 0 Å². The summed E-state index contributed by atoms with van der Waals surface area (Å²) in [6.07, 6.45) is 4.09. The van der Waals surface area contributed by atoms with Gasteiger partial charge in [-0.2, -0.15) is 0 Å². The van der Waals surface area contributed by atoms with Crippen LogP contribution in [0.4, 0.5) is 0 Å². The number of hydrogen-bond donors (Lipinski definition) is 0. The van der Waals surface area contributed by atoms with E-state index in [4.69, 9.17) is 4.74 Å². The van der Waals surface area contributed by atoms with Crippen LogP contribution in [0.2, 0.25) is 0 Å². The molecule has 72 valence electrons. The maximum absolute atomic E-state index is 11.0. The maximum Gasteiger partial charge on any atom is 0.130 e. The SMILES string of the molecule is O=CC1(c2cccc3c2CCO3)CC1. The Bertz CT molecular complexity index is 391. The first kappa shape index (κ1) is 8.04. The van der Waals surface area contributed by atoms with Gasteiger partial charge in [-0.25, -0.2) is 0 Å². The smallest absolute Gasteiger partial charge is 0.130 e. The van der Waals surface area contributed by atoms with Crippen molar-refractivity contribution in [2.75, 3.05) is 6.61 Å². The number of ether oxygens (including phenoxy) is 1. The number of benzene rings is 1. The molecule has 1 fully saturated rings. The molecule has 0 spiro atoms. The van der Waals surface area contributed by atoms with Crippen molar-refractivity contribution in [1.82, 2.24) is 0 Å². The average molecular weight is 188 g/mol. The summed E-state index contributed by atoms with van der Waals surface area (Å²) in [7, 11) is 0. The third kappa shape index (κ3) is 0.939. The molecule has 2 nitrogen and oxygen atoms in total. The summed E-state index contributed by atoms with van der Waals surface area (Å²) in [5.41, 5.74) is 2.32. The number of aldehydes is 1. The molecular weight excluding hydrogens is 176 g/mol. The van der Waals surface area contributed by atoms with Gasteiger partial charge in [0.25, 0.3) is 0 Å². The van der Waals surface area contributed by atoms with Gasteiger partial charge in [-0.3, -0.25) is 0 Å². The van der Waals surface area contributed by atoms with Crippen LogP contribution in [0.5, 0.6) is 5.75 Å². The summed E-state index contributed by atoms with van der Waals surface area (Å²) in [5.74, 6) is 0.982. The molecule has 0 amide bonds. The van der Waals surface area contributed by atoms with E-state index in [1.54, 1.807) is 0 Å². The minimum absolute atomic E-state index is 0.154. The van der Waals surface area contributed by atoms with Gasteiger partial charge in [0.15, 0.2) is 0 Å².